The minimum atomic E-state index is -0.335. The lowest BCUT2D eigenvalue weighted by Gasteiger charge is -2.37. The minimum absolute atomic E-state index is 0.0269. The van der Waals surface area contributed by atoms with Gasteiger partial charge in [0.1, 0.15) is 0 Å². The summed E-state index contributed by atoms with van der Waals surface area (Å²) >= 11 is 5.94. The van der Waals surface area contributed by atoms with Gasteiger partial charge in [-0.1, -0.05) is 31.4 Å². The first-order chi connectivity index (χ1) is 17.0. The molecular weight excluding hydrogens is 456 g/mol. The van der Waals surface area contributed by atoms with Gasteiger partial charge in [-0.3, -0.25) is 4.98 Å². The molecule has 0 amide bonds. The molecule has 0 unspecified atom stereocenters. The average Bonchev–Trinajstić information content (AvgIpc) is 3.39. The Bertz CT molecular complexity index is 1230. The zero-order valence-electron chi connectivity index (χ0n) is 20.5. The molecule has 1 saturated carbocycles. The third-order valence-electron chi connectivity index (χ3n) is 7.42. The van der Waals surface area contributed by atoms with Crippen LogP contribution in [0.3, 0.4) is 0 Å². The van der Waals surface area contributed by atoms with E-state index in [1.165, 1.54) is 31.9 Å². The fraction of sp³-hybridized carbons (Fsp3) is 0.393. The number of nitrogens with zero attached hydrogens (tertiary/aromatic N) is 3. The Morgan fingerprint density at radius 3 is 2.60 bits per heavy atom. The molecule has 0 spiro atoms. The highest BCUT2D eigenvalue weighted by Gasteiger charge is 2.44. The molecule has 2 fully saturated rings. The summed E-state index contributed by atoms with van der Waals surface area (Å²) in [5.74, 6) is -0.335. The predicted octanol–water partition coefficient (Wildman–Crippen LogP) is 5.58. The van der Waals surface area contributed by atoms with Crippen molar-refractivity contribution in [2.24, 2.45) is 0 Å². The maximum absolute atomic E-state index is 12.2. The number of hydrogen-bond donors (Lipinski definition) is 1. The number of nitrogens with one attached hydrogen (secondary N) is 1. The zero-order chi connectivity index (χ0) is 24.5. The highest BCUT2D eigenvalue weighted by Crippen LogP contribution is 2.44. The van der Waals surface area contributed by atoms with Gasteiger partial charge in [0.15, 0.2) is 5.11 Å². The lowest BCUT2D eigenvalue weighted by Crippen LogP contribution is -2.40. The first-order valence-corrected chi connectivity index (χ1v) is 12.8. The highest BCUT2D eigenvalue weighted by molar-refractivity contribution is 7.80. The van der Waals surface area contributed by atoms with Crippen molar-refractivity contribution in [3.05, 3.63) is 82.9 Å². The number of pyridine rings is 1. The van der Waals surface area contributed by atoms with Crippen LogP contribution in [-0.4, -0.2) is 38.7 Å². The van der Waals surface area contributed by atoms with Gasteiger partial charge in [-0.15, -0.1) is 0 Å². The van der Waals surface area contributed by atoms with E-state index in [2.05, 4.69) is 40.8 Å². The molecule has 35 heavy (non-hydrogen) atoms. The van der Waals surface area contributed by atoms with Crippen LogP contribution in [0.25, 0.3) is 5.69 Å². The van der Waals surface area contributed by atoms with Crippen molar-refractivity contribution >= 4 is 23.3 Å². The molecule has 2 aromatic heterocycles. The lowest BCUT2D eigenvalue weighted by atomic mass is 9.90. The number of benzene rings is 1. The third-order valence-corrected chi connectivity index (χ3v) is 7.75. The van der Waals surface area contributed by atoms with Gasteiger partial charge < -0.3 is 19.5 Å². The minimum Gasteiger partial charge on any atom is -0.465 e. The fourth-order valence-electron chi connectivity index (χ4n) is 5.82. The summed E-state index contributed by atoms with van der Waals surface area (Å²) in [7, 11) is 1.41. The summed E-state index contributed by atoms with van der Waals surface area (Å²) in [6.45, 7) is 4.27. The number of aryl methyl sites for hydroxylation is 1. The second-order valence-corrected chi connectivity index (χ2v) is 9.92. The summed E-state index contributed by atoms with van der Waals surface area (Å²) in [5, 5.41) is 4.43. The smallest absolute Gasteiger partial charge is 0.337 e. The van der Waals surface area contributed by atoms with Gasteiger partial charge >= 0.3 is 5.97 Å². The lowest BCUT2D eigenvalue weighted by molar-refractivity contribution is 0.0600. The van der Waals surface area contributed by atoms with E-state index in [1.54, 1.807) is 6.07 Å². The third kappa shape index (κ3) is 4.33. The van der Waals surface area contributed by atoms with Crippen molar-refractivity contribution in [3.63, 3.8) is 0 Å². The first kappa shape index (κ1) is 23.5. The zero-order valence-corrected chi connectivity index (χ0v) is 21.3. The van der Waals surface area contributed by atoms with E-state index in [-0.39, 0.29) is 18.1 Å². The van der Waals surface area contributed by atoms with Crippen LogP contribution in [0.1, 0.15) is 77.2 Å². The van der Waals surface area contributed by atoms with Crippen LogP contribution in [0.4, 0.5) is 0 Å². The Labute approximate surface area is 212 Å². The van der Waals surface area contributed by atoms with Gasteiger partial charge in [0, 0.05) is 29.3 Å². The summed E-state index contributed by atoms with van der Waals surface area (Å²) in [6.07, 6.45) is 7.94. The summed E-state index contributed by atoms with van der Waals surface area (Å²) in [6, 6.07) is 16.4. The van der Waals surface area contributed by atoms with Gasteiger partial charge in [-0.25, -0.2) is 4.79 Å². The molecule has 3 heterocycles. The second kappa shape index (κ2) is 9.82. The molecule has 6 nitrogen and oxygen atoms in total. The van der Waals surface area contributed by atoms with E-state index in [9.17, 15) is 4.79 Å². The number of aromatic nitrogens is 2. The maximum atomic E-state index is 12.2. The molecule has 1 aromatic carbocycles. The van der Waals surface area contributed by atoms with Crippen molar-refractivity contribution in [2.45, 2.75) is 64.1 Å². The van der Waals surface area contributed by atoms with Crippen molar-refractivity contribution in [2.75, 3.05) is 7.11 Å². The van der Waals surface area contributed by atoms with E-state index >= 15 is 0 Å². The van der Waals surface area contributed by atoms with E-state index < -0.39 is 0 Å². The molecule has 2 aliphatic rings. The molecule has 0 bridgehead atoms. The molecular formula is C28H32N4O2S. The van der Waals surface area contributed by atoms with Crippen molar-refractivity contribution in [1.29, 1.82) is 0 Å². The Balaban J connectivity index is 1.61. The van der Waals surface area contributed by atoms with Crippen LogP contribution >= 0.6 is 12.2 Å². The monoisotopic (exact) mass is 488 g/mol. The van der Waals surface area contributed by atoms with Crippen LogP contribution in [0.15, 0.2) is 54.7 Å². The number of hydrogen-bond acceptors (Lipinski definition) is 4. The van der Waals surface area contributed by atoms with Crippen molar-refractivity contribution < 1.29 is 9.53 Å². The molecule has 1 aliphatic heterocycles. The Morgan fingerprint density at radius 1 is 1.09 bits per heavy atom. The maximum Gasteiger partial charge on any atom is 0.337 e. The number of carbonyl (C=O) groups excluding carboxylic acids is 1. The Morgan fingerprint density at radius 2 is 1.89 bits per heavy atom. The van der Waals surface area contributed by atoms with Crippen molar-refractivity contribution in [3.8, 4) is 5.69 Å². The number of ether oxygens (including phenoxy) is 1. The van der Waals surface area contributed by atoms with Gasteiger partial charge in [0.05, 0.1) is 30.5 Å². The largest absolute Gasteiger partial charge is 0.465 e. The molecule has 7 heteroatoms. The van der Waals surface area contributed by atoms with Crippen LogP contribution in [-0.2, 0) is 4.74 Å². The molecule has 3 aromatic rings. The molecule has 2 atom stereocenters. The van der Waals surface area contributed by atoms with Gasteiger partial charge in [-0.05, 0) is 80.9 Å². The predicted molar refractivity (Wildman–Crippen MR) is 141 cm³/mol. The SMILES string of the molecule is COC(=O)c1cccc(-n2c(C)cc([C@H]3[C@H](c4ccccn4)NC(=S)N3C3CCCCC3)c2C)c1. The van der Waals surface area contributed by atoms with Gasteiger partial charge in [0.25, 0.3) is 0 Å². The summed E-state index contributed by atoms with van der Waals surface area (Å²) < 4.78 is 7.17. The number of methoxy groups -OCH3 is 1. The topological polar surface area (TPSA) is 59.4 Å². The standard InChI is InChI=1S/C28H32N4O2S/c1-18-16-23(19(2)31(18)22-13-9-10-20(17-22)27(33)34-3)26-25(24-14-7-8-15-29-24)30-28(35)32(26)21-11-5-4-6-12-21/h7-10,13-17,21,25-26H,4-6,11-12H2,1-3H3,(H,30,35)/t25-,26-/m0/s1. The number of thiocarbonyl (C=S) groups is 1. The molecule has 5 rings (SSSR count). The summed E-state index contributed by atoms with van der Waals surface area (Å²) in [5.41, 5.74) is 5.97. The van der Waals surface area contributed by atoms with E-state index in [0.29, 0.717) is 11.6 Å². The molecule has 1 saturated heterocycles. The molecule has 1 aliphatic carbocycles. The second-order valence-electron chi connectivity index (χ2n) is 9.53. The van der Waals surface area contributed by atoms with E-state index in [4.69, 9.17) is 21.9 Å². The van der Waals surface area contributed by atoms with Crippen molar-refractivity contribution in [1.82, 2.24) is 19.8 Å². The fourth-order valence-corrected chi connectivity index (χ4v) is 6.21. The van der Waals surface area contributed by atoms with E-state index in [0.717, 1.165) is 40.7 Å². The molecule has 0 radical (unpaired) electrons. The Hall–Kier alpha value is -3.19. The normalized spacial score (nSPS) is 20.7. The molecule has 1 N–H and O–H groups in total. The number of esters is 1. The van der Waals surface area contributed by atoms with Crippen LogP contribution in [0, 0.1) is 13.8 Å². The van der Waals surface area contributed by atoms with Crippen LogP contribution in [0.5, 0.6) is 0 Å². The number of rotatable bonds is 5. The van der Waals surface area contributed by atoms with Gasteiger partial charge in [0.2, 0.25) is 0 Å². The average molecular weight is 489 g/mol. The van der Waals surface area contributed by atoms with Crippen LogP contribution in [0.2, 0.25) is 0 Å². The quantitative estimate of drug-likeness (QED) is 0.374. The first-order valence-electron chi connectivity index (χ1n) is 12.4. The van der Waals surface area contributed by atoms with Gasteiger partial charge in [-0.2, -0.15) is 0 Å². The van der Waals surface area contributed by atoms with Crippen LogP contribution < -0.4 is 5.32 Å². The molecule has 182 valence electrons. The van der Waals surface area contributed by atoms with E-state index in [1.807, 2.05) is 36.5 Å². The summed E-state index contributed by atoms with van der Waals surface area (Å²) in [4.78, 5) is 19.3. The number of carbonyl (C=O) groups is 1. The highest BCUT2D eigenvalue weighted by atomic mass is 32.1. The Kier molecular flexibility index (Phi) is 6.60.